The second-order valence-electron chi connectivity index (χ2n) is 7.19. The number of anilines is 1. The van der Waals surface area contributed by atoms with Crippen molar-refractivity contribution in [1.29, 1.82) is 0 Å². The fraction of sp³-hybridized carbons (Fsp3) is 0.381. The summed E-state index contributed by atoms with van der Waals surface area (Å²) >= 11 is 0. The highest BCUT2D eigenvalue weighted by Gasteiger charge is 2.36. The van der Waals surface area contributed by atoms with Gasteiger partial charge in [0.2, 0.25) is 0 Å². The maximum Gasteiger partial charge on any atom is 0.321 e. The van der Waals surface area contributed by atoms with Crippen molar-refractivity contribution in [3.8, 4) is 11.5 Å². The number of aliphatic hydroxyl groups excluding tert-OH is 2. The molecule has 3 N–H and O–H groups in total. The molecular weight excluding hydrogens is 344 g/mol. The predicted octanol–water partition coefficient (Wildman–Crippen LogP) is 3.39. The Kier molecular flexibility index (Phi) is 5.98. The Morgan fingerprint density at radius 3 is 2.70 bits per heavy atom. The van der Waals surface area contributed by atoms with E-state index in [0.717, 1.165) is 12.0 Å². The molecule has 0 saturated carbocycles. The van der Waals surface area contributed by atoms with Crippen LogP contribution < -0.4 is 10.1 Å². The fourth-order valence-electron chi connectivity index (χ4n) is 3.35. The number of para-hydroxylation sites is 2. The lowest BCUT2D eigenvalue weighted by Gasteiger charge is -2.40. The van der Waals surface area contributed by atoms with Gasteiger partial charge in [0.25, 0.3) is 0 Å². The van der Waals surface area contributed by atoms with E-state index in [1.165, 1.54) is 0 Å². The molecule has 0 atom stereocenters. The van der Waals surface area contributed by atoms with Crippen molar-refractivity contribution < 1.29 is 19.7 Å². The smallest absolute Gasteiger partial charge is 0.321 e. The van der Waals surface area contributed by atoms with Gasteiger partial charge < -0.3 is 25.2 Å². The minimum Gasteiger partial charge on any atom is -0.455 e. The molecule has 2 aromatic rings. The van der Waals surface area contributed by atoms with Gasteiger partial charge in [-0.25, -0.2) is 4.79 Å². The number of aryl methyl sites for hydroxylation is 1. The number of hydrogen-bond donors (Lipinski definition) is 3. The average molecular weight is 370 g/mol. The van der Waals surface area contributed by atoms with Crippen LogP contribution in [0.5, 0.6) is 11.5 Å². The molecule has 6 heteroatoms. The van der Waals surface area contributed by atoms with Crippen LogP contribution >= 0.6 is 0 Å². The van der Waals surface area contributed by atoms with Crippen molar-refractivity contribution in [2.75, 3.05) is 31.6 Å². The van der Waals surface area contributed by atoms with Crippen LogP contribution in [0.2, 0.25) is 0 Å². The van der Waals surface area contributed by atoms with Crippen molar-refractivity contribution in [1.82, 2.24) is 4.90 Å². The lowest BCUT2D eigenvalue weighted by molar-refractivity contribution is 0.00321. The van der Waals surface area contributed by atoms with Gasteiger partial charge in [0.05, 0.1) is 18.9 Å². The molecule has 1 fully saturated rings. The first-order valence-corrected chi connectivity index (χ1v) is 9.16. The molecule has 2 amide bonds. The van der Waals surface area contributed by atoms with E-state index in [2.05, 4.69) is 5.32 Å². The van der Waals surface area contributed by atoms with E-state index in [-0.39, 0.29) is 19.2 Å². The van der Waals surface area contributed by atoms with Gasteiger partial charge in [0.15, 0.2) is 5.75 Å². The van der Waals surface area contributed by atoms with E-state index < -0.39 is 5.41 Å². The zero-order valence-corrected chi connectivity index (χ0v) is 15.5. The highest BCUT2D eigenvalue weighted by molar-refractivity contribution is 5.91. The molecule has 1 aliphatic heterocycles. The van der Waals surface area contributed by atoms with Gasteiger partial charge in [-0.1, -0.05) is 24.3 Å². The van der Waals surface area contributed by atoms with E-state index in [0.29, 0.717) is 36.7 Å². The zero-order valence-electron chi connectivity index (χ0n) is 15.5. The van der Waals surface area contributed by atoms with Crippen molar-refractivity contribution in [2.45, 2.75) is 19.8 Å². The van der Waals surface area contributed by atoms with Gasteiger partial charge in [0, 0.05) is 18.5 Å². The topological polar surface area (TPSA) is 82.0 Å². The fourth-order valence-corrected chi connectivity index (χ4v) is 3.35. The Bertz CT molecular complexity index is 789. The molecule has 27 heavy (non-hydrogen) atoms. The molecule has 2 aromatic carbocycles. The van der Waals surface area contributed by atoms with Crippen LogP contribution in [0.3, 0.4) is 0 Å². The number of ether oxygens (including phenoxy) is 1. The first-order valence-electron chi connectivity index (χ1n) is 9.16. The molecule has 0 aromatic heterocycles. The van der Waals surface area contributed by atoms with Gasteiger partial charge in [-0.2, -0.15) is 0 Å². The summed E-state index contributed by atoms with van der Waals surface area (Å²) < 4.78 is 5.95. The van der Waals surface area contributed by atoms with E-state index in [1.54, 1.807) is 17.0 Å². The van der Waals surface area contributed by atoms with Gasteiger partial charge in [0.1, 0.15) is 5.75 Å². The molecule has 1 aliphatic rings. The maximum absolute atomic E-state index is 12.7. The molecular formula is C21H26N2O4. The third kappa shape index (κ3) is 4.59. The first kappa shape index (κ1) is 19.2. The number of carbonyl (C=O) groups is 1. The molecule has 0 unspecified atom stereocenters. The molecule has 144 valence electrons. The van der Waals surface area contributed by atoms with E-state index in [1.807, 2.05) is 43.3 Å². The summed E-state index contributed by atoms with van der Waals surface area (Å²) in [6.07, 6.45) is 1.45. The maximum atomic E-state index is 12.7. The standard InChI is InChI=1S/C21H26N2O4/c1-16-6-4-7-17(12-16)27-19-9-3-2-8-18(19)22-20(26)23-11-5-10-21(13-23,14-24)15-25/h2-4,6-9,12,24-25H,5,10-11,13-15H2,1H3,(H,22,26). The zero-order chi connectivity index (χ0) is 19.3. The Morgan fingerprint density at radius 2 is 1.96 bits per heavy atom. The summed E-state index contributed by atoms with van der Waals surface area (Å²) in [6, 6.07) is 14.7. The van der Waals surface area contributed by atoms with Crippen LogP contribution in [-0.2, 0) is 0 Å². The third-order valence-electron chi connectivity index (χ3n) is 4.97. The SMILES string of the molecule is Cc1cccc(Oc2ccccc2NC(=O)N2CCCC(CO)(CO)C2)c1. The van der Waals surface area contributed by atoms with Crippen LogP contribution in [0, 0.1) is 12.3 Å². The number of nitrogens with one attached hydrogen (secondary N) is 1. The third-order valence-corrected chi connectivity index (χ3v) is 4.97. The molecule has 0 aliphatic carbocycles. The number of benzene rings is 2. The Hall–Kier alpha value is -2.57. The Balaban J connectivity index is 1.73. The number of hydrogen-bond acceptors (Lipinski definition) is 4. The number of urea groups is 1. The lowest BCUT2D eigenvalue weighted by Crippen LogP contribution is -2.50. The van der Waals surface area contributed by atoms with Crippen molar-refractivity contribution in [2.24, 2.45) is 5.41 Å². The highest BCUT2D eigenvalue weighted by atomic mass is 16.5. The molecule has 1 heterocycles. The van der Waals surface area contributed by atoms with Crippen molar-refractivity contribution in [3.05, 3.63) is 54.1 Å². The van der Waals surface area contributed by atoms with Crippen molar-refractivity contribution in [3.63, 3.8) is 0 Å². The minimum atomic E-state index is -0.632. The number of rotatable bonds is 5. The summed E-state index contributed by atoms with van der Waals surface area (Å²) in [5, 5.41) is 22.1. The van der Waals surface area contributed by atoms with Gasteiger partial charge in [-0.3, -0.25) is 0 Å². The molecule has 0 spiro atoms. The summed E-state index contributed by atoms with van der Waals surface area (Å²) in [5.74, 6) is 1.26. The van der Waals surface area contributed by atoms with Crippen LogP contribution in [-0.4, -0.2) is 47.4 Å². The molecule has 0 bridgehead atoms. The number of piperidine rings is 1. The summed E-state index contributed by atoms with van der Waals surface area (Å²) in [4.78, 5) is 14.4. The molecule has 1 saturated heterocycles. The monoisotopic (exact) mass is 370 g/mol. The largest absolute Gasteiger partial charge is 0.455 e. The Labute approximate surface area is 159 Å². The second kappa shape index (κ2) is 8.41. The molecule has 0 radical (unpaired) electrons. The second-order valence-corrected chi connectivity index (χ2v) is 7.19. The predicted molar refractivity (Wildman–Crippen MR) is 104 cm³/mol. The van der Waals surface area contributed by atoms with Crippen LogP contribution in [0.4, 0.5) is 10.5 Å². The number of aliphatic hydroxyl groups is 2. The number of likely N-dealkylation sites (tertiary alicyclic amines) is 1. The van der Waals surface area contributed by atoms with E-state index in [4.69, 9.17) is 4.74 Å². The van der Waals surface area contributed by atoms with E-state index >= 15 is 0 Å². The summed E-state index contributed by atoms with van der Waals surface area (Å²) in [6.45, 7) is 2.63. The summed E-state index contributed by atoms with van der Waals surface area (Å²) in [5.41, 5.74) is 1.03. The number of amides is 2. The average Bonchev–Trinajstić information content (AvgIpc) is 2.69. The molecule has 6 nitrogen and oxygen atoms in total. The van der Waals surface area contributed by atoms with Gasteiger partial charge in [-0.05, 0) is 49.6 Å². The van der Waals surface area contributed by atoms with Gasteiger partial charge >= 0.3 is 6.03 Å². The quantitative estimate of drug-likeness (QED) is 0.753. The van der Waals surface area contributed by atoms with E-state index in [9.17, 15) is 15.0 Å². The molecule has 3 rings (SSSR count). The highest BCUT2D eigenvalue weighted by Crippen LogP contribution is 2.32. The van der Waals surface area contributed by atoms with Crippen LogP contribution in [0.1, 0.15) is 18.4 Å². The minimum absolute atomic E-state index is 0.139. The normalized spacial score (nSPS) is 16.0. The summed E-state index contributed by atoms with van der Waals surface area (Å²) in [7, 11) is 0. The van der Waals surface area contributed by atoms with Crippen LogP contribution in [0.25, 0.3) is 0 Å². The van der Waals surface area contributed by atoms with Crippen molar-refractivity contribution >= 4 is 11.7 Å². The van der Waals surface area contributed by atoms with Crippen LogP contribution in [0.15, 0.2) is 48.5 Å². The lowest BCUT2D eigenvalue weighted by atomic mass is 9.81. The number of nitrogens with zero attached hydrogens (tertiary/aromatic N) is 1. The number of carbonyl (C=O) groups excluding carboxylic acids is 1. The Morgan fingerprint density at radius 1 is 1.19 bits per heavy atom. The van der Waals surface area contributed by atoms with Gasteiger partial charge in [-0.15, -0.1) is 0 Å². The first-order chi connectivity index (χ1) is 13.0.